The Bertz CT molecular complexity index is 488. The average Bonchev–Trinajstić information content (AvgIpc) is 2.51. The first-order valence-electron chi connectivity index (χ1n) is 4.13. The molecule has 0 saturated heterocycles. The van der Waals surface area contributed by atoms with E-state index in [2.05, 4.69) is 73.4 Å². The van der Waals surface area contributed by atoms with Crippen LogP contribution in [0.2, 0.25) is 0 Å². The number of hydrogen-bond acceptors (Lipinski definition) is 1. The van der Waals surface area contributed by atoms with Crippen molar-refractivity contribution in [3.05, 3.63) is 38.3 Å². The van der Waals surface area contributed by atoms with Crippen molar-refractivity contribution >= 4 is 56.2 Å². The summed E-state index contributed by atoms with van der Waals surface area (Å²) in [4.78, 5) is 4.35. The van der Waals surface area contributed by atoms with E-state index in [9.17, 15) is 0 Å². The van der Waals surface area contributed by atoms with Crippen molar-refractivity contribution in [2.24, 2.45) is 0 Å². The summed E-state index contributed by atoms with van der Waals surface area (Å²) >= 11 is 4.67. The molecule has 0 amide bonds. The smallest absolute Gasteiger partial charge is 0.0961 e. The number of hydrogen-bond donors (Lipinski definition) is 0. The van der Waals surface area contributed by atoms with Gasteiger partial charge in [-0.2, -0.15) is 0 Å². The van der Waals surface area contributed by atoms with Crippen LogP contribution >= 0.6 is 45.2 Å². The summed E-state index contributed by atoms with van der Waals surface area (Å²) in [5.41, 5.74) is 2.23. The molecule has 0 unspecified atom stereocenters. The van der Waals surface area contributed by atoms with Crippen molar-refractivity contribution in [2.45, 2.75) is 6.54 Å². The highest BCUT2D eigenvalue weighted by atomic mass is 127. The van der Waals surface area contributed by atoms with Gasteiger partial charge in [0.1, 0.15) is 0 Å². The van der Waals surface area contributed by atoms with E-state index in [-0.39, 0.29) is 0 Å². The van der Waals surface area contributed by atoms with Crippen molar-refractivity contribution in [2.75, 3.05) is 0 Å². The molecule has 0 spiro atoms. The Morgan fingerprint density at radius 2 is 2.07 bits per heavy atom. The Morgan fingerprint density at radius 3 is 2.79 bits per heavy atom. The normalized spacial score (nSPS) is 10.7. The van der Waals surface area contributed by atoms with E-state index in [0.717, 1.165) is 12.1 Å². The lowest BCUT2D eigenvalue weighted by atomic mass is 10.3. The van der Waals surface area contributed by atoms with Crippen molar-refractivity contribution in [1.29, 1.82) is 0 Å². The zero-order valence-corrected chi connectivity index (χ0v) is 11.7. The molecule has 0 aliphatic carbocycles. The number of rotatable bonds is 2. The highest BCUT2D eigenvalue weighted by Gasteiger charge is 2.04. The summed E-state index contributed by atoms with van der Waals surface area (Å²) in [6.45, 7) is 4.54. The fourth-order valence-electron chi connectivity index (χ4n) is 1.34. The second-order valence-corrected chi connectivity index (χ2v) is 5.27. The molecule has 2 aromatic rings. The Kier molecular flexibility index (Phi) is 3.10. The van der Waals surface area contributed by atoms with Crippen LogP contribution in [0.25, 0.3) is 11.0 Å². The molecule has 72 valence electrons. The Hall–Kier alpha value is -0.110. The van der Waals surface area contributed by atoms with Crippen LogP contribution < -0.4 is 0 Å². The van der Waals surface area contributed by atoms with Crippen LogP contribution in [0, 0.1) is 7.14 Å². The van der Waals surface area contributed by atoms with Gasteiger partial charge < -0.3 is 4.57 Å². The van der Waals surface area contributed by atoms with Crippen molar-refractivity contribution in [3.8, 4) is 0 Å². The molecule has 2 nitrogen and oxygen atoms in total. The molecule has 4 heteroatoms. The number of benzene rings is 1. The fourth-order valence-corrected chi connectivity index (χ4v) is 2.24. The number of imidazole rings is 1. The first kappa shape index (κ1) is 10.4. The summed E-state index contributed by atoms with van der Waals surface area (Å²) in [7, 11) is 0. The first-order valence-corrected chi connectivity index (χ1v) is 6.29. The predicted molar refractivity (Wildman–Crippen MR) is 75.4 cm³/mol. The predicted octanol–water partition coefficient (Wildman–Crippen LogP) is 3.43. The van der Waals surface area contributed by atoms with Gasteiger partial charge in [0.05, 0.1) is 17.4 Å². The SMILES string of the molecule is C=CCn1cnc2cc(I)c(I)cc21. The van der Waals surface area contributed by atoms with Gasteiger partial charge in [-0.15, -0.1) is 6.58 Å². The fraction of sp³-hybridized carbons (Fsp3) is 0.100. The molecule has 0 atom stereocenters. The third-order valence-corrected chi connectivity index (χ3v) is 4.81. The molecule has 1 heterocycles. The summed E-state index contributed by atoms with van der Waals surface area (Å²) in [5.74, 6) is 0. The quantitative estimate of drug-likeness (QED) is 0.549. The second kappa shape index (κ2) is 4.18. The van der Waals surface area contributed by atoms with Gasteiger partial charge in [-0.3, -0.25) is 0 Å². The van der Waals surface area contributed by atoms with E-state index < -0.39 is 0 Å². The lowest BCUT2D eigenvalue weighted by molar-refractivity contribution is 0.851. The third-order valence-electron chi connectivity index (χ3n) is 1.99. The summed E-state index contributed by atoms with van der Waals surface area (Å²) in [5, 5.41) is 0. The molecular weight excluding hydrogens is 402 g/mol. The van der Waals surface area contributed by atoms with Gasteiger partial charge in [-0.25, -0.2) is 4.98 Å². The minimum absolute atomic E-state index is 0.813. The topological polar surface area (TPSA) is 17.8 Å². The van der Waals surface area contributed by atoms with Crippen LogP contribution in [0.1, 0.15) is 0 Å². The van der Waals surface area contributed by atoms with Crippen LogP contribution in [0.4, 0.5) is 0 Å². The van der Waals surface area contributed by atoms with Crippen molar-refractivity contribution < 1.29 is 0 Å². The van der Waals surface area contributed by atoms with Crippen LogP contribution in [0.15, 0.2) is 31.1 Å². The van der Waals surface area contributed by atoms with E-state index >= 15 is 0 Å². The molecule has 0 N–H and O–H groups in total. The minimum Gasteiger partial charge on any atom is -0.327 e. The summed E-state index contributed by atoms with van der Waals surface area (Å²) < 4.78 is 4.61. The van der Waals surface area contributed by atoms with E-state index in [4.69, 9.17) is 0 Å². The molecular formula is C10H8I2N2. The number of aromatic nitrogens is 2. The van der Waals surface area contributed by atoms with E-state index in [1.54, 1.807) is 0 Å². The number of nitrogens with zero attached hydrogens (tertiary/aromatic N) is 2. The standard InChI is InChI=1S/C10H8I2N2/c1-2-3-14-6-13-9-4-7(11)8(12)5-10(9)14/h2,4-6H,1,3H2. The zero-order chi connectivity index (χ0) is 10.1. The molecule has 0 aliphatic heterocycles. The molecule has 0 saturated carbocycles. The van der Waals surface area contributed by atoms with Crippen molar-refractivity contribution in [1.82, 2.24) is 9.55 Å². The number of fused-ring (bicyclic) bond motifs is 1. The molecule has 0 aliphatic rings. The second-order valence-electron chi connectivity index (χ2n) is 2.94. The Balaban J connectivity index is 2.67. The van der Waals surface area contributed by atoms with Crippen LogP contribution in [-0.4, -0.2) is 9.55 Å². The first-order chi connectivity index (χ1) is 6.72. The highest BCUT2D eigenvalue weighted by molar-refractivity contribution is 14.1. The number of halogens is 2. The van der Waals surface area contributed by atoms with Crippen LogP contribution in [0.3, 0.4) is 0 Å². The largest absolute Gasteiger partial charge is 0.327 e. The average molecular weight is 410 g/mol. The maximum Gasteiger partial charge on any atom is 0.0961 e. The molecule has 1 aromatic heterocycles. The van der Waals surface area contributed by atoms with E-state index in [1.165, 1.54) is 12.7 Å². The van der Waals surface area contributed by atoms with E-state index in [0.29, 0.717) is 0 Å². The maximum atomic E-state index is 4.35. The van der Waals surface area contributed by atoms with Gasteiger partial charge in [-0.1, -0.05) is 6.08 Å². The lowest BCUT2D eigenvalue weighted by Gasteiger charge is -2.01. The lowest BCUT2D eigenvalue weighted by Crippen LogP contribution is -1.92. The van der Waals surface area contributed by atoms with Gasteiger partial charge in [0, 0.05) is 13.7 Å². The van der Waals surface area contributed by atoms with Gasteiger partial charge >= 0.3 is 0 Å². The van der Waals surface area contributed by atoms with Gasteiger partial charge in [-0.05, 0) is 57.3 Å². The highest BCUT2D eigenvalue weighted by Crippen LogP contribution is 2.22. The van der Waals surface area contributed by atoms with Crippen LogP contribution in [-0.2, 0) is 6.54 Å². The molecule has 2 rings (SSSR count). The van der Waals surface area contributed by atoms with Gasteiger partial charge in [0.2, 0.25) is 0 Å². The molecule has 0 fully saturated rings. The summed E-state index contributed by atoms with van der Waals surface area (Å²) in [6, 6.07) is 4.27. The van der Waals surface area contributed by atoms with Gasteiger partial charge in [0.15, 0.2) is 0 Å². The molecule has 14 heavy (non-hydrogen) atoms. The van der Waals surface area contributed by atoms with Gasteiger partial charge in [0.25, 0.3) is 0 Å². The Labute approximate surface area is 110 Å². The van der Waals surface area contributed by atoms with Crippen molar-refractivity contribution in [3.63, 3.8) is 0 Å². The third kappa shape index (κ3) is 1.81. The maximum absolute atomic E-state index is 4.35. The minimum atomic E-state index is 0.813. The summed E-state index contributed by atoms with van der Waals surface area (Å²) in [6.07, 6.45) is 3.74. The monoisotopic (exact) mass is 410 g/mol. The molecule has 0 radical (unpaired) electrons. The number of allylic oxidation sites excluding steroid dienone is 1. The molecule has 1 aromatic carbocycles. The van der Waals surface area contributed by atoms with E-state index in [1.807, 2.05) is 12.4 Å². The van der Waals surface area contributed by atoms with Crippen LogP contribution in [0.5, 0.6) is 0 Å². The zero-order valence-electron chi connectivity index (χ0n) is 7.37. The Morgan fingerprint density at radius 1 is 1.36 bits per heavy atom. The molecule has 0 bridgehead atoms.